The van der Waals surface area contributed by atoms with Crippen molar-refractivity contribution in [3.8, 4) is 16.5 Å². The molecular formula is C16H15FN4O2S2. The van der Waals surface area contributed by atoms with Crippen LogP contribution in [0.15, 0.2) is 40.9 Å². The van der Waals surface area contributed by atoms with Gasteiger partial charge in [-0.2, -0.15) is 0 Å². The highest BCUT2D eigenvalue weighted by molar-refractivity contribution is 7.98. The molecule has 0 radical (unpaired) electrons. The SMILES string of the molecule is COc1ccc(CSc2nnc(-c3cccs3)n2CC(N)=O)cc1F. The van der Waals surface area contributed by atoms with E-state index in [1.807, 2.05) is 17.5 Å². The number of aromatic nitrogens is 3. The van der Waals surface area contributed by atoms with E-state index in [2.05, 4.69) is 10.2 Å². The third-order valence-corrected chi connectivity index (χ3v) is 5.26. The zero-order valence-corrected chi connectivity index (χ0v) is 14.9. The number of hydrogen-bond donors (Lipinski definition) is 1. The number of carbonyl (C=O) groups excluding carboxylic acids is 1. The molecule has 0 unspecified atom stereocenters. The van der Waals surface area contributed by atoms with Crippen LogP contribution in [0.4, 0.5) is 4.39 Å². The van der Waals surface area contributed by atoms with E-state index in [4.69, 9.17) is 10.5 Å². The van der Waals surface area contributed by atoms with Gasteiger partial charge in [0.15, 0.2) is 22.5 Å². The van der Waals surface area contributed by atoms with E-state index in [0.717, 1.165) is 10.4 Å². The molecule has 0 aliphatic rings. The average molecular weight is 378 g/mol. The number of nitrogens with zero attached hydrogens (tertiary/aromatic N) is 3. The van der Waals surface area contributed by atoms with Crippen LogP contribution in [-0.4, -0.2) is 27.8 Å². The second-order valence-electron chi connectivity index (χ2n) is 5.09. The maximum absolute atomic E-state index is 13.8. The van der Waals surface area contributed by atoms with E-state index >= 15 is 0 Å². The standard InChI is InChI=1S/C16H15FN4O2S2/c1-23-12-5-4-10(7-11(12)17)9-25-16-20-19-15(13-3-2-6-24-13)21(16)8-14(18)22/h2-7H,8-9H2,1H3,(H2,18,22). The largest absolute Gasteiger partial charge is 0.494 e. The molecule has 0 fully saturated rings. The lowest BCUT2D eigenvalue weighted by Crippen LogP contribution is -2.19. The number of thioether (sulfide) groups is 1. The Balaban J connectivity index is 1.82. The summed E-state index contributed by atoms with van der Waals surface area (Å²) in [6, 6.07) is 8.58. The van der Waals surface area contributed by atoms with Crippen molar-refractivity contribution in [3.63, 3.8) is 0 Å². The second-order valence-corrected chi connectivity index (χ2v) is 6.98. The summed E-state index contributed by atoms with van der Waals surface area (Å²) in [4.78, 5) is 12.3. The summed E-state index contributed by atoms with van der Waals surface area (Å²) in [5.74, 6) is 0.374. The van der Waals surface area contributed by atoms with Gasteiger partial charge in [-0.05, 0) is 29.1 Å². The summed E-state index contributed by atoms with van der Waals surface area (Å²) < 4.78 is 20.4. The predicted octanol–water partition coefficient (Wildman–Crippen LogP) is 2.93. The molecule has 25 heavy (non-hydrogen) atoms. The predicted molar refractivity (Wildman–Crippen MR) is 95.0 cm³/mol. The molecule has 1 aromatic carbocycles. The van der Waals surface area contributed by atoms with Crippen molar-refractivity contribution < 1.29 is 13.9 Å². The first-order valence-electron chi connectivity index (χ1n) is 7.29. The zero-order valence-electron chi connectivity index (χ0n) is 13.3. The molecule has 2 N–H and O–H groups in total. The molecule has 0 atom stereocenters. The molecule has 2 heterocycles. The van der Waals surface area contributed by atoms with Gasteiger partial charge in [0.25, 0.3) is 0 Å². The van der Waals surface area contributed by atoms with Crippen LogP contribution >= 0.6 is 23.1 Å². The number of hydrogen-bond acceptors (Lipinski definition) is 6. The van der Waals surface area contributed by atoms with Gasteiger partial charge < -0.3 is 10.5 Å². The lowest BCUT2D eigenvalue weighted by Gasteiger charge is -2.08. The normalized spacial score (nSPS) is 10.8. The van der Waals surface area contributed by atoms with Gasteiger partial charge in [0.2, 0.25) is 5.91 Å². The summed E-state index contributed by atoms with van der Waals surface area (Å²) in [5.41, 5.74) is 6.12. The Labute approximate surface area is 151 Å². The van der Waals surface area contributed by atoms with Crippen LogP contribution in [0, 0.1) is 5.82 Å². The number of nitrogens with two attached hydrogens (primary N) is 1. The number of ether oxygens (including phenoxy) is 1. The quantitative estimate of drug-likeness (QED) is 0.639. The summed E-state index contributed by atoms with van der Waals surface area (Å²) in [7, 11) is 1.42. The number of primary amides is 1. The summed E-state index contributed by atoms with van der Waals surface area (Å²) in [6.45, 7) is -0.0143. The minimum absolute atomic E-state index is 0.0143. The molecule has 2 aromatic heterocycles. The number of rotatable bonds is 7. The summed E-state index contributed by atoms with van der Waals surface area (Å²) >= 11 is 2.86. The lowest BCUT2D eigenvalue weighted by atomic mass is 10.2. The number of thiophene rings is 1. The van der Waals surface area contributed by atoms with Gasteiger partial charge in [-0.15, -0.1) is 21.5 Å². The van der Waals surface area contributed by atoms with Crippen molar-refractivity contribution in [2.24, 2.45) is 5.73 Å². The average Bonchev–Trinajstić information content (AvgIpc) is 3.22. The van der Waals surface area contributed by atoms with E-state index in [0.29, 0.717) is 16.7 Å². The fourth-order valence-corrected chi connectivity index (χ4v) is 3.83. The van der Waals surface area contributed by atoms with Crippen LogP contribution < -0.4 is 10.5 Å². The maximum atomic E-state index is 13.8. The zero-order chi connectivity index (χ0) is 17.8. The van der Waals surface area contributed by atoms with Crippen LogP contribution in [0.25, 0.3) is 10.7 Å². The molecule has 0 aliphatic carbocycles. The Morgan fingerprint density at radius 2 is 2.24 bits per heavy atom. The minimum Gasteiger partial charge on any atom is -0.494 e. The Kier molecular flexibility index (Phi) is 5.34. The summed E-state index contributed by atoms with van der Waals surface area (Å²) in [6.07, 6.45) is 0. The van der Waals surface area contributed by atoms with Gasteiger partial charge in [-0.3, -0.25) is 9.36 Å². The summed E-state index contributed by atoms with van der Waals surface area (Å²) in [5, 5.41) is 10.8. The van der Waals surface area contributed by atoms with Gasteiger partial charge in [-0.1, -0.05) is 23.9 Å². The second kappa shape index (κ2) is 7.66. The third-order valence-electron chi connectivity index (χ3n) is 3.36. The first-order chi connectivity index (χ1) is 12.1. The van der Waals surface area contributed by atoms with Crippen molar-refractivity contribution in [2.75, 3.05) is 7.11 Å². The number of carbonyl (C=O) groups is 1. The van der Waals surface area contributed by atoms with Crippen LogP contribution in [0.3, 0.4) is 0 Å². The van der Waals surface area contributed by atoms with Crippen LogP contribution in [0.1, 0.15) is 5.56 Å². The minimum atomic E-state index is -0.477. The molecule has 130 valence electrons. The van der Waals surface area contributed by atoms with E-state index < -0.39 is 11.7 Å². The van der Waals surface area contributed by atoms with Crippen molar-refractivity contribution in [2.45, 2.75) is 17.5 Å². The van der Waals surface area contributed by atoms with Gasteiger partial charge in [-0.25, -0.2) is 4.39 Å². The van der Waals surface area contributed by atoms with Gasteiger partial charge in [0.05, 0.1) is 12.0 Å². The molecule has 0 saturated carbocycles. The lowest BCUT2D eigenvalue weighted by molar-refractivity contribution is -0.118. The van der Waals surface area contributed by atoms with Gasteiger partial charge in [0.1, 0.15) is 6.54 Å². The molecule has 9 heteroatoms. The Morgan fingerprint density at radius 1 is 1.40 bits per heavy atom. The van der Waals surface area contributed by atoms with E-state index in [1.54, 1.807) is 16.7 Å². The molecule has 0 spiro atoms. The smallest absolute Gasteiger partial charge is 0.237 e. The first-order valence-corrected chi connectivity index (χ1v) is 9.15. The first kappa shape index (κ1) is 17.4. The molecule has 0 saturated heterocycles. The van der Waals surface area contributed by atoms with Crippen molar-refractivity contribution in [3.05, 3.63) is 47.1 Å². The third kappa shape index (κ3) is 3.99. The van der Waals surface area contributed by atoms with E-state index in [-0.39, 0.29) is 12.3 Å². The van der Waals surface area contributed by atoms with Crippen LogP contribution in [0.5, 0.6) is 5.75 Å². The fraction of sp³-hybridized carbons (Fsp3) is 0.188. The van der Waals surface area contributed by atoms with Crippen LogP contribution in [-0.2, 0) is 17.1 Å². The number of benzene rings is 1. The molecule has 3 rings (SSSR count). The Morgan fingerprint density at radius 3 is 2.88 bits per heavy atom. The Hall–Kier alpha value is -2.39. The maximum Gasteiger partial charge on any atom is 0.237 e. The fourth-order valence-electron chi connectivity index (χ4n) is 2.23. The van der Waals surface area contributed by atoms with Gasteiger partial charge >= 0.3 is 0 Å². The molecular weight excluding hydrogens is 363 g/mol. The monoisotopic (exact) mass is 378 g/mol. The number of amides is 1. The molecule has 0 aliphatic heterocycles. The molecule has 6 nitrogen and oxygen atoms in total. The molecule has 1 amide bonds. The van der Waals surface area contributed by atoms with Crippen molar-refractivity contribution in [1.82, 2.24) is 14.8 Å². The highest BCUT2D eigenvalue weighted by Crippen LogP contribution is 2.29. The Bertz CT molecular complexity index is 880. The van der Waals surface area contributed by atoms with Crippen LogP contribution in [0.2, 0.25) is 0 Å². The topological polar surface area (TPSA) is 83.0 Å². The van der Waals surface area contributed by atoms with Gasteiger partial charge in [0, 0.05) is 5.75 Å². The highest BCUT2D eigenvalue weighted by Gasteiger charge is 2.17. The van der Waals surface area contributed by atoms with Crippen molar-refractivity contribution >= 4 is 29.0 Å². The number of methoxy groups -OCH3 is 1. The highest BCUT2D eigenvalue weighted by atomic mass is 32.2. The number of halogens is 1. The molecule has 3 aromatic rings. The van der Waals surface area contributed by atoms with E-state index in [1.165, 1.54) is 36.3 Å². The van der Waals surface area contributed by atoms with Crippen molar-refractivity contribution in [1.29, 1.82) is 0 Å². The van der Waals surface area contributed by atoms with E-state index in [9.17, 15) is 9.18 Å². The molecule has 0 bridgehead atoms.